The van der Waals surface area contributed by atoms with Crippen LogP contribution in [0.5, 0.6) is 0 Å². The first-order chi connectivity index (χ1) is 10.5. The molecule has 0 aliphatic rings. The topological polar surface area (TPSA) is 89.3 Å². The zero-order valence-corrected chi connectivity index (χ0v) is 16.1. The van der Waals surface area contributed by atoms with Crippen LogP contribution in [-0.2, 0) is 6.42 Å². The van der Waals surface area contributed by atoms with E-state index in [0.717, 1.165) is 17.9 Å². The Hall–Kier alpha value is -1.64. The highest BCUT2D eigenvalue weighted by Crippen LogP contribution is 2.11. The average molecular weight is 429 g/mol. The van der Waals surface area contributed by atoms with Gasteiger partial charge in [-0.15, -0.1) is 24.0 Å². The maximum atomic E-state index is 5.85. The molecule has 3 N–H and O–H groups in total. The van der Waals surface area contributed by atoms with Gasteiger partial charge in [0.1, 0.15) is 0 Å². The summed E-state index contributed by atoms with van der Waals surface area (Å²) in [6.45, 7) is 6.74. The quantitative estimate of drug-likeness (QED) is 0.318. The molecule has 7 heteroatoms. The number of nitrogens with one attached hydrogen (secondary N) is 1. The molecule has 2 aromatic rings. The highest BCUT2D eigenvalue weighted by Gasteiger charge is 2.08. The number of hydrogen-bond donors (Lipinski definition) is 2. The number of nitrogens with zero attached hydrogens (tertiary/aromatic N) is 3. The summed E-state index contributed by atoms with van der Waals surface area (Å²) in [5.41, 5.74) is 8.00. The van der Waals surface area contributed by atoms with Crippen LogP contribution in [-0.4, -0.2) is 22.6 Å². The number of rotatable bonds is 6. The molecule has 1 aromatic carbocycles. The van der Waals surface area contributed by atoms with Crippen molar-refractivity contribution in [2.75, 3.05) is 11.9 Å². The third-order valence-corrected chi connectivity index (χ3v) is 3.16. The Bertz CT molecular complexity index is 622. The van der Waals surface area contributed by atoms with Gasteiger partial charge >= 0.3 is 0 Å². The summed E-state index contributed by atoms with van der Waals surface area (Å²) in [7, 11) is 0. The fourth-order valence-electron chi connectivity index (χ4n) is 1.86. The van der Waals surface area contributed by atoms with Crippen molar-refractivity contribution in [1.29, 1.82) is 0 Å². The van der Waals surface area contributed by atoms with Crippen LogP contribution < -0.4 is 11.1 Å². The van der Waals surface area contributed by atoms with E-state index in [1.54, 1.807) is 0 Å². The molecule has 0 saturated carbocycles. The Kier molecular flexibility index (Phi) is 8.01. The highest BCUT2D eigenvalue weighted by atomic mass is 127. The van der Waals surface area contributed by atoms with Gasteiger partial charge in [0.25, 0.3) is 0 Å². The first-order valence-corrected chi connectivity index (χ1v) is 7.50. The molecule has 1 heterocycles. The number of hydrogen-bond acceptors (Lipinski definition) is 4. The van der Waals surface area contributed by atoms with Crippen LogP contribution in [0, 0.1) is 6.92 Å². The summed E-state index contributed by atoms with van der Waals surface area (Å²) in [5.74, 6) is 2.10. The van der Waals surface area contributed by atoms with Gasteiger partial charge in [-0.25, -0.2) is 0 Å². The maximum Gasteiger partial charge on any atom is 0.226 e. The van der Waals surface area contributed by atoms with E-state index < -0.39 is 0 Å². The van der Waals surface area contributed by atoms with Crippen molar-refractivity contribution in [2.45, 2.75) is 39.5 Å². The number of guanidine groups is 1. The van der Waals surface area contributed by atoms with Gasteiger partial charge in [-0.2, -0.15) is 4.98 Å². The molecule has 126 valence electrons. The Balaban J connectivity index is 0.00000264. The average Bonchev–Trinajstić information content (AvgIpc) is 2.95. The van der Waals surface area contributed by atoms with Gasteiger partial charge in [-0.1, -0.05) is 36.7 Å². The van der Waals surface area contributed by atoms with Crippen LogP contribution in [0.3, 0.4) is 0 Å². The van der Waals surface area contributed by atoms with E-state index in [1.807, 2.05) is 45.0 Å². The minimum absolute atomic E-state index is 0. The van der Waals surface area contributed by atoms with E-state index in [2.05, 4.69) is 20.4 Å². The predicted molar refractivity (Wildman–Crippen MR) is 103 cm³/mol. The van der Waals surface area contributed by atoms with Gasteiger partial charge in [0.05, 0.1) is 0 Å². The van der Waals surface area contributed by atoms with E-state index in [1.165, 1.54) is 5.56 Å². The van der Waals surface area contributed by atoms with Crippen LogP contribution in [0.4, 0.5) is 5.69 Å². The first kappa shape index (κ1) is 19.4. The molecule has 0 amide bonds. The van der Waals surface area contributed by atoms with E-state index in [-0.39, 0.29) is 29.9 Å². The van der Waals surface area contributed by atoms with Crippen LogP contribution in [0.25, 0.3) is 0 Å². The molecule has 0 aliphatic heterocycles. The predicted octanol–water partition coefficient (Wildman–Crippen LogP) is 3.48. The number of benzene rings is 1. The third-order valence-electron chi connectivity index (χ3n) is 3.16. The van der Waals surface area contributed by atoms with Gasteiger partial charge in [-0.05, 0) is 25.5 Å². The van der Waals surface area contributed by atoms with Gasteiger partial charge in [-0.3, -0.25) is 4.99 Å². The van der Waals surface area contributed by atoms with Crippen molar-refractivity contribution in [3.8, 4) is 0 Å². The fourth-order valence-corrected chi connectivity index (χ4v) is 1.86. The lowest BCUT2D eigenvalue weighted by molar-refractivity contribution is 0.369. The number of aromatic nitrogens is 2. The summed E-state index contributed by atoms with van der Waals surface area (Å²) in [4.78, 5) is 8.62. The van der Waals surface area contributed by atoms with E-state index >= 15 is 0 Å². The zero-order chi connectivity index (χ0) is 15.9. The Morgan fingerprint density at radius 3 is 2.61 bits per heavy atom. The minimum Gasteiger partial charge on any atom is -0.370 e. The molecule has 6 nitrogen and oxygen atoms in total. The molecule has 0 aliphatic carbocycles. The second-order valence-corrected chi connectivity index (χ2v) is 5.56. The van der Waals surface area contributed by atoms with Gasteiger partial charge in [0, 0.05) is 24.6 Å². The van der Waals surface area contributed by atoms with Gasteiger partial charge in [0.2, 0.25) is 5.89 Å². The Labute approximate surface area is 154 Å². The fraction of sp³-hybridized carbons (Fsp3) is 0.438. The number of nitrogens with two attached hydrogens (primary N) is 1. The normalized spacial score (nSPS) is 11.4. The SMILES string of the molecule is Cc1ccc(NC(N)=NCCCc2nc(C(C)C)no2)cc1.I. The number of aliphatic imine (C=N–C) groups is 1. The van der Waals surface area contributed by atoms with Gasteiger partial charge in [0.15, 0.2) is 11.8 Å². The van der Waals surface area contributed by atoms with Crippen LogP contribution >= 0.6 is 24.0 Å². The number of aryl methyl sites for hydroxylation is 2. The highest BCUT2D eigenvalue weighted by molar-refractivity contribution is 14.0. The largest absolute Gasteiger partial charge is 0.370 e. The monoisotopic (exact) mass is 429 g/mol. The summed E-state index contributed by atoms with van der Waals surface area (Å²) >= 11 is 0. The second-order valence-electron chi connectivity index (χ2n) is 5.56. The lowest BCUT2D eigenvalue weighted by Gasteiger charge is -2.05. The third kappa shape index (κ3) is 6.55. The number of anilines is 1. The van der Waals surface area contributed by atoms with Crippen molar-refractivity contribution in [2.24, 2.45) is 10.7 Å². The molecule has 1 aromatic heterocycles. The first-order valence-electron chi connectivity index (χ1n) is 7.50. The molecule has 0 bridgehead atoms. The van der Waals surface area contributed by atoms with Crippen LogP contribution in [0.1, 0.15) is 43.5 Å². The molecule has 0 saturated heterocycles. The molecule has 0 unspecified atom stereocenters. The summed E-state index contributed by atoms with van der Waals surface area (Å²) in [5, 5.41) is 7.00. The Morgan fingerprint density at radius 2 is 2.00 bits per heavy atom. The van der Waals surface area contributed by atoms with Crippen molar-refractivity contribution < 1.29 is 4.52 Å². The van der Waals surface area contributed by atoms with Crippen LogP contribution in [0.15, 0.2) is 33.8 Å². The van der Waals surface area contributed by atoms with E-state index in [9.17, 15) is 0 Å². The summed E-state index contributed by atoms with van der Waals surface area (Å²) in [6, 6.07) is 8.00. The number of halogens is 1. The van der Waals surface area contributed by atoms with E-state index in [0.29, 0.717) is 24.8 Å². The molecule has 0 atom stereocenters. The molecule has 23 heavy (non-hydrogen) atoms. The molecule has 0 spiro atoms. The molecular weight excluding hydrogens is 405 g/mol. The van der Waals surface area contributed by atoms with Crippen LogP contribution in [0.2, 0.25) is 0 Å². The maximum absolute atomic E-state index is 5.85. The molecule has 2 rings (SSSR count). The van der Waals surface area contributed by atoms with Gasteiger partial charge < -0.3 is 15.6 Å². The Morgan fingerprint density at radius 1 is 1.30 bits per heavy atom. The van der Waals surface area contributed by atoms with Crippen molar-refractivity contribution in [3.63, 3.8) is 0 Å². The van der Waals surface area contributed by atoms with Crippen molar-refractivity contribution >= 4 is 35.6 Å². The minimum atomic E-state index is 0. The second kappa shape index (κ2) is 9.49. The smallest absolute Gasteiger partial charge is 0.226 e. The standard InChI is InChI=1S/C16H23N5O.HI/c1-11(2)15-20-14(22-21-15)5-4-10-18-16(17)19-13-8-6-12(3)7-9-13;/h6-9,11H,4-5,10H2,1-3H3,(H3,17,18,19);1H. The summed E-state index contributed by atoms with van der Waals surface area (Å²) < 4.78 is 5.18. The molecule has 0 radical (unpaired) electrons. The van der Waals surface area contributed by atoms with Crippen molar-refractivity contribution in [3.05, 3.63) is 41.5 Å². The lowest BCUT2D eigenvalue weighted by Crippen LogP contribution is -2.22. The molecular formula is C16H24IN5O. The molecule has 0 fully saturated rings. The van der Waals surface area contributed by atoms with Crippen molar-refractivity contribution in [1.82, 2.24) is 10.1 Å². The zero-order valence-electron chi connectivity index (χ0n) is 13.7. The lowest BCUT2D eigenvalue weighted by atomic mass is 10.2. The van der Waals surface area contributed by atoms with E-state index in [4.69, 9.17) is 10.3 Å². The summed E-state index contributed by atoms with van der Waals surface area (Å²) in [6.07, 6.45) is 1.52.